The zero-order valence-corrected chi connectivity index (χ0v) is 18.2. The van der Waals surface area contributed by atoms with Gasteiger partial charge < -0.3 is 15.0 Å². The number of alkyl halides is 3. The highest BCUT2D eigenvalue weighted by Gasteiger charge is 2.30. The normalized spacial score (nSPS) is 14.6. The molecule has 1 fully saturated rings. The molecule has 1 aromatic carbocycles. The molecule has 178 valence electrons. The number of nitrogens with zero attached hydrogens (tertiary/aromatic N) is 6. The van der Waals surface area contributed by atoms with E-state index in [1.54, 1.807) is 24.0 Å². The summed E-state index contributed by atoms with van der Waals surface area (Å²) in [5, 5.41) is 11.0. The van der Waals surface area contributed by atoms with E-state index in [4.69, 9.17) is 4.74 Å². The lowest BCUT2D eigenvalue weighted by atomic mass is 10.1. The van der Waals surface area contributed by atoms with Crippen molar-refractivity contribution in [3.63, 3.8) is 0 Å². The third-order valence-electron chi connectivity index (χ3n) is 5.05. The maximum Gasteiger partial charge on any atom is 0.416 e. The molecular weight excluding hydrogens is 454 g/mol. The summed E-state index contributed by atoms with van der Waals surface area (Å²) in [6.07, 6.45) is -1.84. The first kappa shape index (κ1) is 23.5. The number of pyridine rings is 1. The van der Waals surface area contributed by atoms with Crippen molar-refractivity contribution in [3.05, 3.63) is 65.4 Å². The van der Waals surface area contributed by atoms with Gasteiger partial charge in [-0.2, -0.15) is 23.3 Å². The molecule has 1 aliphatic heterocycles. The standard InChI is InChI=1S/C22H21F4N7O/c1-14-9-17(27-13-19(14)30-16-4-2-3-15(10-16)22(24,25)26)11-29-32-21-28-12-18(23)20(31-21)33-5-7-34-8-6-33/h2-4,9-10,12-13,30H,5-8,11H2,1H3. The maximum absolute atomic E-state index is 14.1. The van der Waals surface area contributed by atoms with E-state index in [9.17, 15) is 17.6 Å². The monoisotopic (exact) mass is 475 g/mol. The highest BCUT2D eigenvalue weighted by Crippen LogP contribution is 2.31. The zero-order valence-electron chi connectivity index (χ0n) is 18.2. The Bertz CT molecular complexity index is 1180. The van der Waals surface area contributed by atoms with Gasteiger partial charge in [0.15, 0.2) is 11.6 Å². The Morgan fingerprint density at radius 2 is 1.91 bits per heavy atom. The van der Waals surface area contributed by atoms with Gasteiger partial charge in [0.05, 0.1) is 42.6 Å². The number of aromatic nitrogens is 3. The molecular formula is C22H21F4N7O. The number of anilines is 3. The number of benzene rings is 1. The highest BCUT2D eigenvalue weighted by molar-refractivity contribution is 5.63. The Morgan fingerprint density at radius 3 is 2.65 bits per heavy atom. The van der Waals surface area contributed by atoms with Crippen LogP contribution in [0.4, 0.5) is 40.7 Å². The first-order valence-corrected chi connectivity index (χ1v) is 10.4. The molecule has 0 saturated carbocycles. The zero-order chi connectivity index (χ0) is 24.1. The minimum Gasteiger partial charge on any atom is -0.378 e. The van der Waals surface area contributed by atoms with Crippen molar-refractivity contribution in [2.45, 2.75) is 19.6 Å². The number of morpholine rings is 1. The number of azo groups is 1. The fraction of sp³-hybridized carbons (Fsp3) is 0.318. The molecule has 4 rings (SSSR count). The van der Waals surface area contributed by atoms with E-state index in [1.807, 2.05) is 0 Å². The van der Waals surface area contributed by atoms with Crippen LogP contribution in [0.5, 0.6) is 0 Å². The summed E-state index contributed by atoms with van der Waals surface area (Å²) < 4.78 is 58.1. The van der Waals surface area contributed by atoms with Gasteiger partial charge in [0.2, 0.25) is 0 Å². The van der Waals surface area contributed by atoms with Crippen LogP contribution >= 0.6 is 0 Å². The molecule has 0 spiro atoms. The smallest absolute Gasteiger partial charge is 0.378 e. The lowest BCUT2D eigenvalue weighted by Crippen LogP contribution is -2.37. The predicted molar refractivity (Wildman–Crippen MR) is 117 cm³/mol. The molecule has 1 aliphatic rings. The van der Waals surface area contributed by atoms with E-state index in [0.717, 1.165) is 23.9 Å². The largest absolute Gasteiger partial charge is 0.416 e. The van der Waals surface area contributed by atoms with Gasteiger partial charge in [0.1, 0.15) is 6.54 Å². The van der Waals surface area contributed by atoms with Gasteiger partial charge in [-0.15, -0.1) is 5.11 Å². The number of halogens is 4. The average Bonchev–Trinajstić information content (AvgIpc) is 2.82. The summed E-state index contributed by atoms with van der Waals surface area (Å²) in [4.78, 5) is 14.0. The first-order valence-electron chi connectivity index (χ1n) is 10.4. The molecule has 3 heterocycles. The number of ether oxygens (including phenoxy) is 1. The highest BCUT2D eigenvalue weighted by atomic mass is 19.4. The number of rotatable bonds is 6. The number of nitrogens with one attached hydrogen (secondary N) is 1. The third-order valence-corrected chi connectivity index (χ3v) is 5.05. The van der Waals surface area contributed by atoms with Gasteiger partial charge in [-0.1, -0.05) is 6.07 Å². The topological polar surface area (TPSA) is 87.9 Å². The Balaban J connectivity index is 1.41. The minimum absolute atomic E-state index is 0.0300. The second-order valence-corrected chi connectivity index (χ2v) is 7.53. The summed E-state index contributed by atoms with van der Waals surface area (Å²) >= 11 is 0. The second kappa shape index (κ2) is 10.1. The molecule has 0 unspecified atom stereocenters. The van der Waals surface area contributed by atoms with E-state index >= 15 is 0 Å². The number of aryl methyl sites for hydroxylation is 1. The van der Waals surface area contributed by atoms with E-state index < -0.39 is 17.6 Å². The van der Waals surface area contributed by atoms with Crippen molar-refractivity contribution >= 4 is 23.1 Å². The van der Waals surface area contributed by atoms with Gasteiger partial charge in [-0.05, 0) is 36.8 Å². The fourth-order valence-electron chi connectivity index (χ4n) is 3.33. The van der Waals surface area contributed by atoms with Crippen LogP contribution in [0.1, 0.15) is 16.8 Å². The van der Waals surface area contributed by atoms with Gasteiger partial charge in [-0.3, -0.25) is 4.98 Å². The average molecular weight is 475 g/mol. The third kappa shape index (κ3) is 5.81. The van der Waals surface area contributed by atoms with Crippen LogP contribution in [0, 0.1) is 12.7 Å². The van der Waals surface area contributed by atoms with Gasteiger partial charge in [-0.25, -0.2) is 9.37 Å². The summed E-state index contributed by atoms with van der Waals surface area (Å²) in [5.41, 5.74) is 1.49. The van der Waals surface area contributed by atoms with E-state index in [1.165, 1.54) is 12.3 Å². The van der Waals surface area contributed by atoms with Crippen LogP contribution < -0.4 is 10.2 Å². The van der Waals surface area contributed by atoms with Gasteiger partial charge >= 0.3 is 6.18 Å². The summed E-state index contributed by atoms with van der Waals surface area (Å²) in [7, 11) is 0. The molecule has 0 aliphatic carbocycles. The lowest BCUT2D eigenvalue weighted by Gasteiger charge is -2.27. The predicted octanol–water partition coefficient (Wildman–Crippen LogP) is 5.20. The molecule has 8 nitrogen and oxygen atoms in total. The molecule has 2 aromatic heterocycles. The Kier molecular flexibility index (Phi) is 6.96. The van der Waals surface area contributed by atoms with E-state index in [2.05, 4.69) is 30.5 Å². The second-order valence-electron chi connectivity index (χ2n) is 7.53. The number of hydrogen-bond acceptors (Lipinski definition) is 8. The summed E-state index contributed by atoms with van der Waals surface area (Å²) in [6.45, 7) is 3.95. The summed E-state index contributed by atoms with van der Waals surface area (Å²) in [6, 6.07) is 6.68. The number of hydrogen-bond donors (Lipinski definition) is 1. The van der Waals surface area contributed by atoms with Crippen LogP contribution in [0.25, 0.3) is 0 Å². The first-order chi connectivity index (χ1) is 16.3. The van der Waals surface area contributed by atoms with Crippen LogP contribution in [0.15, 0.2) is 53.0 Å². The van der Waals surface area contributed by atoms with Crippen LogP contribution in [-0.2, 0) is 17.5 Å². The van der Waals surface area contributed by atoms with Crippen LogP contribution in [0.2, 0.25) is 0 Å². The maximum atomic E-state index is 14.1. The minimum atomic E-state index is -4.42. The molecule has 12 heteroatoms. The van der Waals surface area contributed by atoms with Gasteiger partial charge in [0.25, 0.3) is 5.95 Å². The molecule has 0 atom stereocenters. The molecule has 0 bridgehead atoms. The Hall–Kier alpha value is -3.67. The summed E-state index contributed by atoms with van der Waals surface area (Å²) in [5.74, 6) is -0.351. The molecule has 1 saturated heterocycles. The molecule has 0 radical (unpaired) electrons. The van der Waals surface area contributed by atoms with Crippen molar-refractivity contribution < 1.29 is 22.3 Å². The molecule has 0 amide bonds. The van der Waals surface area contributed by atoms with Crippen molar-refractivity contribution in [2.75, 3.05) is 36.5 Å². The van der Waals surface area contributed by atoms with Crippen molar-refractivity contribution in [2.24, 2.45) is 10.2 Å². The van der Waals surface area contributed by atoms with Crippen LogP contribution in [-0.4, -0.2) is 41.3 Å². The Labute approximate surface area is 192 Å². The lowest BCUT2D eigenvalue weighted by molar-refractivity contribution is -0.137. The van der Waals surface area contributed by atoms with Crippen molar-refractivity contribution in [1.29, 1.82) is 0 Å². The fourth-order valence-corrected chi connectivity index (χ4v) is 3.33. The van der Waals surface area contributed by atoms with Gasteiger partial charge in [0, 0.05) is 18.8 Å². The van der Waals surface area contributed by atoms with E-state index in [-0.39, 0.29) is 18.3 Å². The van der Waals surface area contributed by atoms with E-state index in [0.29, 0.717) is 43.4 Å². The van der Waals surface area contributed by atoms with Crippen molar-refractivity contribution in [3.8, 4) is 0 Å². The quantitative estimate of drug-likeness (QED) is 0.389. The molecule has 34 heavy (non-hydrogen) atoms. The van der Waals surface area contributed by atoms with Crippen LogP contribution in [0.3, 0.4) is 0 Å². The SMILES string of the molecule is Cc1cc(CN=Nc2ncc(F)c(N3CCOCC3)n2)ncc1Nc1cccc(C(F)(F)F)c1. The van der Waals surface area contributed by atoms with Crippen molar-refractivity contribution in [1.82, 2.24) is 15.0 Å². The Morgan fingerprint density at radius 1 is 1.12 bits per heavy atom. The molecule has 3 aromatic rings. The molecule has 1 N–H and O–H groups in total.